The third-order valence-electron chi connectivity index (χ3n) is 2.53. The van der Waals surface area contributed by atoms with Crippen molar-refractivity contribution in [1.82, 2.24) is 19.9 Å². The van der Waals surface area contributed by atoms with Crippen LogP contribution in [-0.4, -0.2) is 23.6 Å². The Hall–Kier alpha value is -1.97. The Morgan fingerprint density at radius 2 is 2.26 bits per heavy atom. The maximum Gasteiger partial charge on any atom is 0.260 e. The first kappa shape index (κ1) is 13.5. The Morgan fingerprint density at radius 1 is 1.47 bits per heavy atom. The average Bonchev–Trinajstić information content (AvgIpc) is 2.92. The highest BCUT2D eigenvalue weighted by atomic mass is 32.2. The molecule has 2 rings (SSSR count). The molecule has 0 aromatic carbocycles. The molecule has 2 heterocycles. The monoisotopic (exact) mass is 282 g/mol. The maximum atomic E-state index is 12.2. The number of rotatable bonds is 5. The number of nitrogens with two attached hydrogens (primary N) is 1. The summed E-state index contributed by atoms with van der Waals surface area (Å²) in [6, 6.07) is 2.69. The van der Waals surface area contributed by atoms with Gasteiger partial charge < -0.3 is 5.43 Å². The van der Waals surface area contributed by atoms with Crippen LogP contribution in [0, 0.1) is 0 Å². The van der Waals surface area contributed by atoms with Crippen molar-refractivity contribution in [2.24, 2.45) is 5.84 Å². The first-order chi connectivity index (χ1) is 9.04. The molecule has 0 bridgehead atoms. The van der Waals surface area contributed by atoms with E-state index in [-0.39, 0.29) is 10.7 Å². The maximum absolute atomic E-state index is 12.2. The summed E-state index contributed by atoms with van der Waals surface area (Å²) in [5, 5.41) is 6.25. The molecule has 0 radical (unpaired) electrons. The lowest BCUT2D eigenvalue weighted by Gasteiger charge is -2.14. The molecule has 0 aliphatic carbocycles. The highest BCUT2D eigenvalue weighted by molar-refractivity contribution is 7.89. The van der Waals surface area contributed by atoms with Gasteiger partial charge in [0.1, 0.15) is 0 Å². The lowest BCUT2D eigenvalue weighted by atomic mass is 10.2. The Balaban J connectivity index is 2.28. The molecule has 0 saturated heterocycles. The minimum atomic E-state index is -3.77. The first-order valence-corrected chi connectivity index (χ1v) is 6.95. The van der Waals surface area contributed by atoms with E-state index in [4.69, 9.17) is 5.84 Å². The van der Waals surface area contributed by atoms with E-state index in [9.17, 15) is 8.42 Å². The van der Waals surface area contributed by atoms with E-state index >= 15 is 0 Å². The number of sulfonamides is 1. The van der Waals surface area contributed by atoms with Crippen LogP contribution >= 0.6 is 0 Å². The van der Waals surface area contributed by atoms with Crippen molar-refractivity contribution in [3.05, 3.63) is 36.3 Å². The van der Waals surface area contributed by atoms with E-state index in [2.05, 4.69) is 25.3 Å². The molecule has 0 aliphatic rings. The lowest BCUT2D eigenvalue weighted by Crippen LogP contribution is -2.28. The molecule has 1 unspecified atom stereocenters. The van der Waals surface area contributed by atoms with Gasteiger partial charge in [0.05, 0.1) is 11.9 Å². The van der Waals surface area contributed by atoms with Crippen molar-refractivity contribution in [3.8, 4) is 0 Å². The van der Waals surface area contributed by atoms with Gasteiger partial charge in [0.25, 0.3) is 10.0 Å². The number of nitrogens with zero attached hydrogens (tertiary/aromatic N) is 2. The number of anilines is 1. The van der Waals surface area contributed by atoms with Gasteiger partial charge in [-0.15, -0.1) is 0 Å². The van der Waals surface area contributed by atoms with Crippen LogP contribution < -0.4 is 16.0 Å². The zero-order valence-electron chi connectivity index (χ0n) is 10.2. The summed E-state index contributed by atoms with van der Waals surface area (Å²) in [5.74, 6) is 5.28. The molecule has 0 aliphatic heterocycles. The summed E-state index contributed by atoms with van der Waals surface area (Å²) in [6.07, 6.45) is 4.55. The van der Waals surface area contributed by atoms with Gasteiger partial charge in [-0.05, 0) is 19.1 Å². The van der Waals surface area contributed by atoms with Crippen LogP contribution in [0.15, 0.2) is 35.7 Å². The highest BCUT2D eigenvalue weighted by Crippen LogP contribution is 2.19. The van der Waals surface area contributed by atoms with E-state index < -0.39 is 16.1 Å². The molecular weight excluding hydrogens is 268 g/mol. The second-order valence-electron chi connectivity index (χ2n) is 3.88. The van der Waals surface area contributed by atoms with Crippen LogP contribution in [0.2, 0.25) is 0 Å². The van der Waals surface area contributed by atoms with Gasteiger partial charge in [0.15, 0.2) is 5.03 Å². The van der Waals surface area contributed by atoms with Crippen molar-refractivity contribution in [3.63, 3.8) is 0 Å². The van der Waals surface area contributed by atoms with Gasteiger partial charge in [-0.2, -0.15) is 5.10 Å². The van der Waals surface area contributed by atoms with Gasteiger partial charge in [0, 0.05) is 24.0 Å². The minimum absolute atomic E-state index is 0.146. The molecule has 5 N–H and O–H groups in total. The topological polar surface area (TPSA) is 126 Å². The second-order valence-corrected chi connectivity index (χ2v) is 5.50. The van der Waals surface area contributed by atoms with Crippen LogP contribution in [0.25, 0.3) is 0 Å². The Kier molecular flexibility index (Phi) is 3.79. The fourth-order valence-electron chi connectivity index (χ4n) is 1.57. The number of nitrogens with one attached hydrogen (secondary N) is 3. The molecule has 19 heavy (non-hydrogen) atoms. The van der Waals surface area contributed by atoms with Crippen LogP contribution in [0.3, 0.4) is 0 Å². The average molecular weight is 282 g/mol. The fourth-order valence-corrected chi connectivity index (χ4v) is 2.90. The molecule has 0 amide bonds. The van der Waals surface area contributed by atoms with Crippen molar-refractivity contribution >= 4 is 15.7 Å². The van der Waals surface area contributed by atoms with E-state index in [1.54, 1.807) is 25.4 Å². The number of hydrogen-bond acceptors (Lipinski definition) is 6. The van der Waals surface area contributed by atoms with Crippen LogP contribution in [0.5, 0.6) is 0 Å². The Bertz CT molecular complexity index is 640. The van der Waals surface area contributed by atoms with Crippen LogP contribution in [-0.2, 0) is 10.0 Å². The molecule has 0 fully saturated rings. The molecule has 9 heteroatoms. The third-order valence-corrected chi connectivity index (χ3v) is 4.03. The predicted octanol–water partition coefficient (Wildman–Crippen LogP) is 0.130. The number of aromatic nitrogens is 3. The summed E-state index contributed by atoms with van der Waals surface area (Å²) < 4.78 is 26.9. The summed E-state index contributed by atoms with van der Waals surface area (Å²) in [7, 11) is -3.77. The van der Waals surface area contributed by atoms with Crippen LogP contribution in [0.1, 0.15) is 18.5 Å². The number of H-pyrrole nitrogens is 1. The zero-order chi connectivity index (χ0) is 13.9. The van der Waals surface area contributed by atoms with Gasteiger partial charge in [-0.25, -0.2) is 18.1 Å². The summed E-state index contributed by atoms with van der Waals surface area (Å²) in [6.45, 7) is 1.71. The standard InChI is InChI=1S/C10H14N6O2S/c1-7(8-5-13-14-6-8)16-19(17,18)10-9(15-11)3-2-4-12-10/h2-7,15-16H,11H2,1H3,(H,13,14). The highest BCUT2D eigenvalue weighted by Gasteiger charge is 2.23. The van der Waals surface area contributed by atoms with E-state index in [0.29, 0.717) is 0 Å². The number of aromatic amines is 1. The largest absolute Gasteiger partial charge is 0.321 e. The zero-order valence-corrected chi connectivity index (χ0v) is 11.0. The van der Waals surface area contributed by atoms with Gasteiger partial charge in [0.2, 0.25) is 0 Å². The summed E-state index contributed by atoms with van der Waals surface area (Å²) >= 11 is 0. The van der Waals surface area contributed by atoms with E-state index in [1.165, 1.54) is 12.3 Å². The molecule has 0 saturated carbocycles. The number of hydrazine groups is 1. The number of nitrogen functional groups attached to an aromatic ring is 1. The van der Waals surface area contributed by atoms with E-state index in [1.807, 2.05) is 0 Å². The van der Waals surface area contributed by atoms with Crippen LogP contribution in [0.4, 0.5) is 5.69 Å². The van der Waals surface area contributed by atoms with Crippen molar-refractivity contribution in [2.45, 2.75) is 18.0 Å². The van der Waals surface area contributed by atoms with Crippen molar-refractivity contribution in [1.29, 1.82) is 0 Å². The van der Waals surface area contributed by atoms with Crippen molar-refractivity contribution in [2.75, 3.05) is 5.43 Å². The molecular formula is C10H14N6O2S. The minimum Gasteiger partial charge on any atom is -0.321 e. The van der Waals surface area contributed by atoms with Crippen molar-refractivity contribution < 1.29 is 8.42 Å². The second kappa shape index (κ2) is 5.34. The predicted molar refractivity (Wildman–Crippen MR) is 69.4 cm³/mol. The number of hydrogen-bond donors (Lipinski definition) is 4. The molecule has 0 spiro atoms. The molecule has 102 valence electrons. The lowest BCUT2D eigenvalue weighted by molar-refractivity contribution is 0.563. The smallest absolute Gasteiger partial charge is 0.260 e. The van der Waals surface area contributed by atoms with E-state index in [0.717, 1.165) is 5.56 Å². The summed E-state index contributed by atoms with van der Waals surface area (Å²) in [4.78, 5) is 3.84. The van der Waals surface area contributed by atoms with Gasteiger partial charge in [-0.1, -0.05) is 0 Å². The first-order valence-electron chi connectivity index (χ1n) is 5.47. The SMILES string of the molecule is CC(NS(=O)(=O)c1ncccc1NN)c1cn[nH]c1. The molecule has 2 aromatic heterocycles. The third kappa shape index (κ3) is 2.89. The molecule has 1 atom stereocenters. The number of pyridine rings is 1. The fraction of sp³-hybridized carbons (Fsp3) is 0.200. The Labute approximate surface area is 110 Å². The van der Waals surface area contributed by atoms with Gasteiger partial charge >= 0.3 is 0 Å². The normalized spacial score (nSPS) is 13.2. The van der Waals surface area contributed by atoms with Gasteiger partial charge in [-0.3, -0.25) is 10.9 Å². The Morgan fingerprint density at radius 3 is 2.89 bits per heavy atom. The molecule has 2 aromatic rings. The quantitative estimate of drug-likeness (QED) is 0.456. The molecule has 8 nitrogen and oxygen atoms in total. The summed E-state index contributed by atoms with van der Waals surface area (Å²) in [5.41, 5.74) is 3.26.